The first-order chi connectivity index (χ1) is 9.67. The van der Waals surface area contributed by atoms with Crippen LogP contribution in [0.2, 0.25) is 0 Å². The molecule has 0 fully saturated rings. The van der Waals surface area contributed by atoms with Crippen molar-refractivity contribution in [2.75, 3.05) is 13.1 Å². The number of halogens is 1. The molecule has 2 aromatic carbocycles. The molecule has 106 valence electrons. The van der Waals surface area contributed by atoms with Gasteiger partial charge in [-0.25, -0.2) is 4.39 Å². The zero-order valence-corrected chi connectivity index (χ0v) is 11.3. The maximum atomic E-state index is 13.3. The number of nitrogens with zero attached hydrogens (tertiary/aromatic N) is 1. The van der Waals surface area contributed by atoms with Crippen LogP contribution in [0, 0.1) is 5.82 Å². The predicted molar refractivity (Wildman–Crippen MR) is 77.7 cm³/mol. The first-order valence-corrected chi connectivity index (χ1v) is 6.62. The van der Waals surface area contributed by atoms with E-state index < -0.39 is 5.82 Å². The van der Waals surface area contributed by atoms with Crippen LogP contribution in [0.15, 0.2) is 48.5 Å². The van der Waals surface area contributed by atoms with Crippen molar-refractivity contribution >= 4 is 0 Å². The summed E-state index contributed by atoms with van der Waals surface area (Å²) in [5.41, 5.74) is 7.56. The Morgan fingerprint density at radius 3 is 2.35 bits per heavy atom. The van der Waals surface area contributed by atoms with Gasteiger partial charge in [-0.1, -0.05) is 30.3 Å². The highest BCUT2D eigenvalue weighted by atomic mass is 19.1. The van der Waals surface area contributed by atoms with Crippen LogP contribution in [-0.4, -0.2) is 23.1 Å². The monoisotopic (exact) mass is 274 g/mol. The Morgan fingerprint density at radius 1 is 1.00 bits per heavy atom. The second-order valence-electron chi connectivity index (χ2n) is 4.80. The molecule has 0 unspecified atom stereocenters. The van der Waals surface area contributed by atoms with E-state index >= 15 is 0 Å². The Morgan fingerprint density at radius 2 is 1.70 bits per heavy atom. The molecule has 2 rings (SSSR count). The average Bonchev–Trinajstić information content (AvgIpc) is 2.39. The number of hydrogen-bond donors (Lipinski definition) is 2. The van der Waals surface area contributed by atoms with Crippen LogP contribution in [0.3, 0.4) is 0 Å². The van der Waals surface area contributed by atoms with Crippen LogP contribution in [0.4, 0.5) is 4.39 Å². The molecule has 0 saturated heterocycles. The Balaban J connectivity index is 2.08. The van der Waals surface area contributed by atoms with Crippen molar-refractivity contribution in [1.29, 1.82) is 0 Å². The van der Waals surface area contributed by atoms with Gasteiger partial charge in [0.25, 0.3) is 0 Å². The van der Waals surface area contributed by atoms with Gasteiger partial charge in [-0.15, -0.1) is 0 Å². The molecule has 2 aromatic rings. The summed E-state index contributed by atoms with van der Waals surface area (Å²) in [7, 11) is 0. The highest BCUT2D eigenvalue weighted by Gasteiger charge is 2.08. The van der Waals surface area contributed by atoms with E-state index in [0.717, 1.165) is 18.2 Å². The quantitative estimate of drug-likeness (QED) is 0.851. The minimum atomic E-state index is -0.424. The number of nitrogens with two attached hydrogens (primary N) is 1. The van der Waals surface area contributed by atoms with Crippen molar-refractivity contribution in [3.63, 3.8) is 0 Å². The smallest absolute Gasteiger partial charge is 0.127 e. The fourth-order valence-corrected chi connectivity index (χ4v) is 2.22. The lowest BCUT2D eigenvalue weighted by atomic mass is 10.1. The predicted octanol–water partition coefficient (Wildman–Crippen LogP) is 2.49. The Hall–Kier alpha value is -1.91. The van der Waals surface area contributed by atoms with Crippen molar-refractivity contribution in [3.05, 3.63) is 65.5 Å². The molecule has 0 aliphatic rings. The van der Waals surface area contributed by atoms with E-state index in [2.05, 4.69) is 4.90 Å². The van der Waals surface area contributed by atoms with E-state index in [4.69, 9.17) is 5.73 Å². The van der Waals surface area contributed by atoms with Crippen molar-refractivity contribution in [2.24, 2.45) is 5.73 Å². The van der Waals surface area contributed by atoms with Crippen LogP contribution in [0.1, 0.15) is 11.1 Å². The Bertz CT molecular complexity index is 525. The Labute approximate surface area is 118 Å². The lowest BCUT2D eigenvalue weighted by Crippen LogP contribution is -2.28. The third-order valence-electron chi connectivity index (χ3n) is 3.04. The van der Waals surface area contributed by atoms with Gasteiger partial charge in [-0.05, 0) is 23.3 Å². The molecule has 0 aliphatic heterocycles. The maximum absolute atomic E-state index is 13.3. The molecule has 0 spiro atoms. The van der Waals surface area contributed by atoms with Gasteiger partial charge in [0.1, 0.15) is 11.6 Å². The van der Waals surface area contributed by atoms with Crippen LogP contribution in [0.5, 0.6) is 5.75 Å². The SMILES string of the molecule is NCCN(Cc1ccccc1)Cc1cc(O)cc(F)c1. The molecule has 0 saturated carbocycles. The molecule has 4 heteroatoms. The van der Waals surface area contributed by atoms with Crippen molar-refractivity contribution < 1.29 is 9.50 Å². The maximum Gasteiger partial charge on any atom is 0.127 e. The molecule has 0 bridgehead atoms. The van der Waals surface area contributed by atoms with E-state index in [1.165, 1.54) is 11.6 Å². The van der Waals surface area contributed by atoms with Crippen molar-refractivity contribution in [2.45, 2.75) is 13.1 Å². The van der Waals surface area contributed by atoms with Gasteiger partial charge < -0.3 is 10.8 Å². The average molecular weight is 274 g/mol. The van der Waals surface area contributed by atoms with Gasteiger partial charge in [0.05, 0.1) is 0 Å². The number of benzene rings is 2. The number of phenolic OH excluding ortho intramolecular Hbond substituents is 1. The van der Waals surface area contributed by atoms with Gasteiger partial charge in [-0.2, -0.15) is 0 Å². The second-order valence-corrected chi connectivity index (χ2v) is 4.80. The number of phenols is 1. The molecule has 3 nitrogen and oxygen atoms in total. The second kappa shape index (κ2) is 7.03. The number of hydrogen-bond acceptors (Lipinski definition) is 3. The highest BCUT2D eigenvalue weighted by molar-refractivity contribution is 5.28. The minimum Gasteiger partial charge on any atom is -0.508 e. The van der Waals surface area contributed by atoms with E-state index in [0.29, 0.717) is 19.6 Å². The van der Waals surface area contributed by atoms with Gasteiger partial charge in [0.15, 0.2) is 0 Å². The third kappa shape index (κ3) is 4.33. The molecule has 0 aliphatic carbocycles. The number of rotatable bonds is 6. The largest absolute Gasteiger partial charge is 0.508 e. The minimum absolute atomic E-state index is 0.0487. The van der Waals surface area contributed by atoms with Gasteiger partial charge >= 0.3 is 0 Å². The molecular weight excluding hydrogens is 255 g/mol. The summed E-state index contributed by atoms with van der Waals surface area (Å²) in [6, 6.07) is 14.2. The molecular formula is C16H19FN2O. The first-order valence-electron chi connectivity index (χ1n) is 6.62. The summed E-state index contributed by atoms with van der Waals surface area (Å²) in [6.07, 6.45) is 0. The number of aromatic hydroxyl groups is 1. The third-order valence-corrected chi connectivity index (χ3v) is 3.04. The normalized spacial score (nSPS) is 10.9. The lowest BCUT2D eigenvalue weighted by molar-refractivity contribution is 0.263. The topological polar surface area (TPSA) is 49.5 Å². The van der Waals surface area contributed by atoms with E-state index in [-0.39, 0.29) is 5.75 Å². The van der Waals surface area contributed by atoms with Crippen LogP contribution in [-0.2, 0) is 13.1 Å². The lowest BCUT2D eigenvalue weighted by Gasteiger charge is -2.22. The van der Waals surface area contributed by atoms with E-state index in [1.54, 1.807) is 6.07 Å². The summed E-state index contributed by atoms with van der Waals surface area (Å²) in [5.74, 6) is -0.472. The van der Waals surface area contributed by atoms with Gasteiger partial charge in [-0.3, -0.25) is 4.90 Å². The zero-order valence-electron chi connectivity index (χ0n) is 11.3. The molecule has 0 amide bonds. The van der Waals surface area contributed by atoms with Crippen LogP contribution >= 0.6 is 0 Å². The van der Waals surface area contributed by atoms with Crippen molar-refractivity contribution in [1.82, 2.24) is 4.90 Å². The standard InChI is InChI=1S/C16H19FN2O/c17-15-8-14(9-16(20)10-15)12-19(7-6-18)11-13-4-2-1-3-5-13/h1-5,8-10,20H,6-7,11-12,18H2. The zero-order chi connectivity index (χ0) is 14.4. The van der Waals surface area contributed by atoms with Crippen molar-refractivity contribution in [3.8, 4) is 5.75 Å². The molecule has 0 radical (unpaired) electrons. The van der Waals surface area contributed by atoms with Gasteiger partial charge in [0, 0.05) is 32.2 Å². The van der Waals surface area contributed by atoms with Crippen LogP contribution < -0.4 is 5.73 Å². The van der Waals surface area contributed by atoms with Gasteiger partial charge in [0.2, 0.25) is 0 Å². The molecule has 3 N–H and O–H groups in total. The summed E-state index contributed by atoms with van der Waals surface area (Å²) < 4.78 is 13.3. The fraction of sp³-hybridized carbons (Fsp3) is 0.250. The summed E-state index contributed by atoms with van der Waals surface area (Å²) in [6.45, 7) is 2.55. The van der Waals surface area contributed by atoms with E-state index in [9.17, 15) is 9.50 Å². The van der Waals surface area contributed by atoms with Crippen LogP contribution in [0.25, 0.3) is 0 Å². The first kappa shape index (κ1) is 14.5. The fourth-order valence-electron chi connectivity index (χ4n) is 2.22. The summed E-state index contributed by atoms with van der Waals surface area (Å²) >= 11 is 0. The molecule has 20 heavy (non-hydrogen) atoms. The molecule has 0 aromatic heterocycles. The summed E-state index contributed by atoms with van der Waals surface area (Å²) in [4.78, 5) is 2.13. The Kier molecular flexibility index (Phi) is 5.09. The highest BCUT2D eigenvalue weighted by Crippen LogP contribution is 2.17. The molecule has 0 heterocycles. The van der Waals surface area contributed by atoms with E-state index in [1.807, 2.05) is 30.3 Å². The molecule has 0 atom stereocenters. The summed E-state index contributed by atoms with van der Waals surface area (Å²) in [5, 5.41) is 9.44.